The summed E-state index contributed by atoms with van der Waals surface area (Å²) in [6.07, 6.45) is 2.07. The minimum Gasteiger partial charge on any atom is -0.384 e. The molecule has 0 atom stereocenters. The molecule has 0 saturated carbocycles. The molecule has 1 aromatic heterocycles. The Morgan fingerprint density at radius 2 is 2.12 bits per heavy atom. The lowest BCUT2D eigenvalue weighted by molar-refractivity contribution is 0.749. The van der Waals surface area contributed by atoms with Gasteiger partial charge in [-0.15, -0.1) is 0 Å². The van der Waals surface area contributed by atoms with Crippen LogP contribution in [0.2, 0.25) is 0 Å². The molecule has 0 aliphatic rings. The van der Waals surface area contributed by atoms with E-state index in [0.717, 1.165) is 35.9 Å². The highest BCUT2D eigenvalue weighted by atomic mass is 32.2. The van der Waals surface area contributed by atoms with Gasteiger partial charge in [0.25, 0.3) is 0 Å². The molecule has 0 bridgehead atoms. The van der Waals surface area contributed by atoms with E-state index >= 15 is 0 Å². The van der Waals surface area contributed by atoms with E-state index in [4.69, 9.17) is 5.73 Å². The number of thioether (sulfide) groups is 1. The first kappa shape index (κ1) is 13.3. The summed E-state index contributed by atoms with van der Waals surface area (Å²) in [5, 5.41) is 0. The first-order valence-electron chi connectivity index (χ1n) is 5.81. The van der Waals surface area contributed by atoms with Crippen molar-refractivity contribution < 1.29 is 0 Å². The normalized spacial score (nSPS) is 11.0. The highest BCUT2D eigenvalue weighted by Crippen LogP contribution is 2.14. The van der Waals surface area contributed by atoms with Crippen molar-refractivity contribution in [2.75, 3.05) is 11.5 Å². The van der Waals surface area contributed by atoms with E-state index in [2.05, 4.69) is 30.7 Å². The number of nitrogen functional groups attached to an aromatic ring is 1. The van der Waals surface area contributed by atoms with Crippen molar-refractivity contribution in [2.45, 2.75) is 39.4 Å². The Labute approximate surface area is 102 Å². The molecule has 0 spiro atoms. The van der Waals surface area contributed by atoms with E-state index < -0.39 is 0 Å². The number of aromatic nitrogens is 2. The molecule has 4 heteroatoms. The molecule has 0 unspecified atom stereocenters. The van der Waals surface area contributed by atoms with Crippen molar-refractivity contribution in [3.8, 4) is 0 Å². The van der Waals surface area contributed by atoms with Crippen LogP contribution in [0.3, 0.4) is 0 Å². The van der Waals surface area contributed by atoms with Crippen molar-refractivity contribution in [1.29, 1.82) is 0 Å². The molecular formula is C12H21N3S. The predicted molar refractivity (Wildman–Crippen MR) is 71.4 cm³/mol. The van der Waals surface area contributed by atoms with Crippen molar-refractivity contribution >= 4 is 17.6 Å². The quantitative estimate of drug-likeness (QED) is 0.829. The van der Waals surface area contributed by atoms with Crippen LogP contribution in [0.4, 0.5) is 5.82 Å². The lowest BCUT2D eigenvalue weighted by Gasteiger charge is -2.06. The maximum absolute atomic E-state index is 5.76. The summed E-state index contributed by atoms with van der Waals surface area (Å²) in [7, 11) is 0. The van der Waals surface area contributed by atoms with Gasteiger partial charge in [-0.2, -0.15) is 11.8 Å². The van der Waals surface area contributed by atoms with Crippen LogP contribution in [-0.4, -0.2) is 15.7 Å². The number of hydrogen-bond acceptors (Lipinski definition) is 4. The number of nitrogens with two attached hydrogens (primary N) is 1. The van der Waals surface area contributed by atoms with E-state index in [9.17, 15) is 0 Å². The lowest BCUT2D eigenvalue weighted by Crippen LogP contribution is -2.03. The van der Waals surface area contributed by atoms with Crippen molar-refractivity contribution in [2.24, 2.45) is 5.92 Å². The third-order valence-corrected chi connectivity index (χ3v) is 3.40. The molecule has 0 aliphatic carbocycles. The van der Waals surface area contributed by atoms with E-state index in [1.807, 2.05) is 17.8 Å². The molecular weight excluding hydrogens is 218 g/mol. The van der Waals surface area contributed by atoms with Crippen LogP contribution in [-0.2, 0) is 12.2 Å². The zero-order valence-corrected chi connectivity index (χ0v) is 11.2. The predicted octanol–water partition coefficient (Wildman–Crippen LogP) is 2.90. The van der Waals surface area contributed by atoms with Crippen LogP contribution in [0.15, 0.2) is 6.07 Å². The second-order valence-electron chi connectivity index (χ2n) is 4.36. The Morgan fingerprint density at radius 1 is 1.38 bits per heavy atom. The third kappa shape index (κ3) is 4.84. The third-order valence-electron chi connectivity index (χ3n) is 2.03. The molecule has 0 amide bonds. The molecule has 16 heavy (non-hydrogen) atoms. The minimum atomic E-state index is 0.596. The van der Waals surface area contributed by atoms with Crippen LogP contribution >= 0.6 is 11.8 Å². The first-order valence-corrected chi connectivity index (χ1v) is 6.97. The summed E-state index contributed by atoms with van der Waals surface area (Å²) in [6, 6.07) is 1.88. The summed E-state index contributed by atoms with van der Waals surface area (Å²) in [5.74, 6) is 4.18. The van der Waals surface area contributed by atoms with Crippen LogP contribution < -0.4 is 5.73 Å². The lowest BCUT2D eigenvalue weighted by atomic mass is 10.2. The van der Waals surface area contributed by atoms with E-state index in [-0.39, 0.29) is 0 Å². The van der Waals surface area contributed by atoms with Gasteiger partial charge in [-0.3, -0.25) is 0 Å². The van der Waals surface area contributed by atoms with Crippen LogP contribution in [0.1, 0.15) is 38.7 Å². The second-order valence-corrected chi connectivity index (χ2v) is 5.39. The Balaban J connectivity index is 2.58. The molecule has 2 N–H and O–H groups in total. The molecule has 0 radical (unpaired) electrons. The summed E-state index contributed by atoms with van der Waals surface area (Å²) >= 11 is 1.87. The summed E-state index contributed by atoms with van der Waals surface area (Å²) in [6.45, 7) is 6.58. The second kappa shape index (κ2) is 6.74. The fraction of sp³-hybridized carbons (Fsp3) is 0.667. The fourth-order valence-electron chi connectivity index (χ4n) is 1.41. The summed E-state index contributed by atoms with van der Waals surface area (Å²) in [5.41, 5.74) is 6.83. The zero-order valence-electron chi connectivity index (χ0n) is 10.4. The van der Waals surface area contributed by atoms with Gasteiger partial charge in [-0.25, -0.2) is 9.97 Å². The van der Waals surface area contributed by atoms with Crippen LogP contribution in [0.25, 0.3) is 0 Å². The van der Waals surface area contributed by atoms with Gasteiger partial charge in [-0.1, -0.05) is 27.2 Å². The number of rotatable bonds is 6. The van der Waals surface area contributed by atoms with Gasteiger partial charge in [-0.05, 0) is 18.1 Å². The highest BCUT2D eigenvalue weighted by Gasteiger charge is 2.03. The molecule has 0 saturated heterocycles. The topological polar surface area (TPSA) is 51.8 Å². The van der Waals surface area contributed by atoms with Crippen LogP contribution in [0, 0.1) is 5.92 Å². The van der Waals surface area contributed by atoms with E-state index in [0.29, 0.717) is 11.7 Å². The number of nitrogens with zero attached hydrogens (tertiary/aromatic N) is 2. The van der Waals surface area contributed by atoms with Gasteiger partial charge < -0.3 is 5.73 Å². The Morgan fingerprint density at radius 3 is 2.75 bits per heavy atom. The maximum atomic E-state index is 5.76. The standard InChI is InChI=1S/C12H21N3S/c1-4-5-10-6-11(13)15-12(14-10)8-16-7-9(2)3/h6,9H,4-5,7-8H2,1-3H3,(H2,13,14,15). The molecule has 0 fully saturated rings. The first-order chi connectivity index (χ1) is 7.61. The number of aryl methyl sites for hydroxylation is 1. The SMILES string of the molecule is CCCc1cc(N)nc(CSCC(C)C)n1. The average molecular weight is 239 g/mol. The summed E-state index contributed by atoms with van der Waals surface area (Å²) in [4.78, 5) is 8.77. The van der Waals surface area contributed by atoms with Crippen molar-refractivity contribution in [3.63, 3.8) is 0 Å². The highest BCUT2D eigenvalue weighted by molar-refractivity contribution is 7.98. The fourth-order valence-corrected chi connectivity index (χ4v) is 2.31. The van der Waals surface area contributed by atoms with Gasteiger partial charge in [0, 0.05) is 11.8 Å². The molecule has 0 aliphatic heterocycles. The number of hydrogen-bond donors (Lipinski definition) is 1. The Bertz CT molecular complexity index is 326. The van der Waals surface area contributed by atoms with Crippen molar-refractivity contribution in [3.05, 3.63) is 17.6 Å². The van der Waals surface area contributed by atoms with Crippen molar-refractivity contribution in [1.82, 2.24) is 9.97 Å². The van der Waals surface area contributed by atoms with E-state index in [1.54, 1.807) is 0 Å². The van der Waals surface area contributed by atoms with Crippen LogP contribution in [0.5, 0.6) is 0 Å². The molecule has 1 aromatic rings. The largest absolute Gasteiger partial charge is 0.384 e. The molecule has 90 valence electrons. The zero-order chi connectivity index (χ0) is 12.0. The molecule has 0 aromatic carbocycles. The van der Waals surface area contributed by atoms with Gasteiger partial charge in [0.15, 0.2) is 0 Å². The molecule has 1 heterocycles. The smallest absolute Gasteiger partial charge is 0.140 e. The van der Waals surface area contributed by atoms with Gasteiger partial charge in [0.05, 0.1) is 5.75 Å². The average Bonchev–Trinajstić information content (AvgIpc) is 2.16. The van der Waals surface area contributed by atoms with E-state index in [1.165, 1.54) is 0 Å². The van der Waals surface area contributed by atoms with Gasteiger partial charge in [0.1, 0.15) is 11.6 Å². The molecule has 1 rings (SSSR count). The summed E-state index contributed by atoms with van der Waals surface area (Å²) < 4.78 is 0. The molecule has 3 nitrogen and oxygen atoms in total. The monoisotopic (exact) mass is 239 g/mol. The number of anilines is 1. The maximum Gasteiger partial charge on any atom is 0.140 e. The Hall–Kier alpha value is -0.770. The minimum absolute atomic E-state index is 0.596. The van der Waals surface area contributed by atoms with Gasteiger partial charge >= 0.3 is 0 Å². The van der Waals surface area contributed by atoms with Gasteiger partial charge in [0.2, 0.25) is 0 Å². The Kier molecular flexibility index (Phi) is 5.60.